The zero-order valence-corrected chi connectivity index (χ0v) is 18.0. The summed E-state index contributed by atoms with van der Waals surface area (Å²) in [6.07, 6.45) is 3.84. The van der Waals surface area contributed by atoms with Crippen molar-refractivity contribution in [3.05, 3.63) is 64.7 Å². The van der Waals surface area contributed by atoms with Gasteiger partial charge in [-0.1, -0.05) is 30.3 Å². The SMILES string of the molecule is O=C(NC(Cc1ccccc1)C(O)C1CCCN1)c1cc2c(c(C(=O)O)c1)CCCCO2. The van der Waals surface area contributed by atoms with E-state index in [0.29, 0.717) is 30.8 Å². The molecule has 32 heavy (non-hydrogen) atoms. The normalized spacial score (nSPS) is 19.8. The number of hydrogen-bond acceptors (Lipinski definition) is 5. The monoisotopic (exact) mass is 438 g/mol. The number of amides is 1. The predicted octanol–water partition coefficient (Wildman–Crippen LogP) is 2.55. The van der Waals surface area contributed by atoms with E-state index >= 15 is 0 Å². The topological polar surface area (TPSA) is 108 Å². The zero-order valence-electron chi connectivity index (χ0n) is 18.0. The van der Waals surface area contributed by atoms with Gasteiger partial charge in [-0.25, -0.2) is 4.79 Å². The molecule has 0 aliphatic carbocycles. The van der Waals surface area contributed by atoms with Crippen LogP contribution in [-0.4, -0.2) is 53.4 Å². The van der Waals surface area contributed by atoms with Crippen LogP contribution in [0.2, 0.25) is 0 Å². The summed E-state index contributed by atoms with van der Waals surface area (Å²) in [6, 6.07) is 12.2. The smallest absolute Gasteiger partial charge is 0.336 e. The summed E-state index contributed by atoms with van der Waals surface area (Å²) in [4.78, 5) is 25.1. The van der Waals surface area contributed by atoms with Crippen LogP contribution in [0.15, 0.2) is 42.5 Å². The molecule has 1 amide bonds. The molecule has 2 heterocycles. The molecule has 2 aliphatic rings. The Kier molecular flexibility index (Phi) is 7.07. The summed E-state index contributed by atoms with van der Waals surface area (Å²) in [6.45, 7) is 1.34. The minimum absolute atomic E-state index is 0.0889. The van der Waals surface area contributed by atoms with E-state index in [9.17, 15) is 19.8 Å². The van der Waals surface area contributed by atoms with Crippen molar-refractivity contribution in [2.75, 3.05) is 13.2 Å². The van der Waals surface area contributed by atoms with Crippen molar-refractivity contribution in [2.45, 2.75) is 56.7 Å². The van der Waals surface area contributed by atoms with Gasteiger partial charge in [0.05, 0.1) is 24.3 Å². The zero-order chi connectivity index (χ0) is 22.5. The molecule has 4 rings (SSSR count). The van der Waals surface area contributed by atoms with E-state index in [4.69, 9.17) is 4.74 Å². The van der Waals surface area contributed by atoms with E-state index in [1.807, 2.05) is 30.3 Å². The van der Waals surface area contributed by atoms with E-state index in [1.54, 1.807) is 6.07 Å². The van der Waals surface area contributed by atoms with Gasteiger partial charge in [-0.2, -0.15) is 0 Å². The van der Waals surface area contributed by atoms with Gasteiger partial charge in [0, 0.05) is 17.2 Å². The van der Waals surface area contributed by atoms with Crippen LogP contribution >= 0.6 is 0 Å². The van der Waals surface area contributed by atoms with Crippen LogP contribution in [0.25, 0.3) is 0 Å². The standard InChI is InChI=1S/C25H30N2O5/c28-23(20-10-6-11-26-20)21(13-16-7-2-1-3-8-16)27-24(29)17-14-19(25(30)31)18-9-4-5-12-32-22(18)15-17/h1-3,7-8,14-15,20-21,23,26,28H,4-6,9-13H2,(H,27,29)(H,30,31). The maximum Gasteiger partial charge on any atom is 0.336 e. The average molecular weight is 439 g/mol. The summed E-state index contributed by atoms with van der Waals surface area (Å²) >= 11 is 0. The molecule has 0 aromatic heterocycles. The third-order valence-electron chi connectivity index (χ3n) is 6.32. The highest BCUT2D eigenvalue weighted by Gasteiger charge is 2.31. The summed E-state index contributed by atoms with van der Waals surface area (Å²) in [5, 5.41) is 27.0. The number of carboxylic acids is 1. The van der Waals surface area contributed by atoms with Gasteiger partial charge in [0.25, 0.3) is 5.91 Å². The van der Waals surface area contributed by atoms with Crippen LogP contribution in [0.3, 0.4) is 0 Å². The van der Waals surface area contributed by atoms with Gasteiger partial charge < -0.3 is 25.6 Å². The number of carboxylic acid groups (broad SMARTS) is 1. The number of aromatic carboxylic acids is 1. The van der Waals surface area contributed by atoms with Crippen LogP contribution in [0.1, 0.15) is 57.5 Å². The summed E-state index contributed by atoms with van der Waals surface area (Å²) in [7, 11) is 0. The molecule has 2 aliphatic heterocycles. The maximum absolute atomic E-state index is 13.2. The number of ether oxygens (including phenoxy) is 1. The first-order valence-electron chi connectivity index (χ1n) is 11.3. The van der Waals surface area contributed by atoms with Crippen molar-refractivity contribution in [3.8, 4) is 5.75 Å². The highest BCUT2D eigenvalue weighted by molar-refractivity contribution is 5.99. The van der Waals surface area contributed by atoms with Crippen LogP contribution < -0.4 is 15.4 Å². The molecule has 7 heteroatoms. The fraction of sp³-hybridized carbons (Fsp3) is 0.440. The van der Waals surface area contributed by atoms with Gasteiger partial charge in [-0.3, -0.25) is 4.79 Å². The Morgan fingerprint density at radius 2 is 1.97 bits per heavy atom. The van der Waals surface area contributed by atoms with E-state index in [0.717, 1.165) is 37.8 Å². The number of aliphatic hydroxyl groups is 1. The second-order valence-electron chi connectivity index (χ2n) is 8.57. The second-order valence-corrected chi connectivity index (χ2v) is 8.57. The molecule has 7 nitrogen and oxygen atoms in total. The number of fused-ring (bicyclic) bond motifs is 1. The van der Waals surface area contributed by atoms with Crippen molar-refractivity contribution in [1.82, 2.24) is 10.6 Å². The van der Waals surface area contributed by atoms with Crippen molar-refractivity contribution < 1.29 is 24.5 Å². The van der Waals surface area contributed by atoms with Gasteiger partial charge in [-0.15, -0.1) is 0 Å². The number of nitrogens with one attached hydrogen (secondary N) is 2. The Morgan fingerprint density at radius 3 is 2.69 bits per heavy atom. The molecule has 0 spiro atoms. The minimum Gasteiger partial charge on any atom is -0.493 e. The molecule has 2 aromatic rings. The summed E-state index contributed by atoms with van der Waals surface area (Å²) in [5.74, 6) is -1.02. The summed E-state index contributed by atoms with van der Waals surface area (Å²) < 4.78 is 5.76. The molecule has 0 saturated carbocycles. The molecule has 1 saturated heterocycles. The average Bonchev–Trinajstić information content (AvgIpc) is 3.23. The van der Waals surface area contributed by atoms with Crippen LogP contribution in [-0.2, 0) is 12.8 Å². The predicted molar refractivity (Wildman–Crippen MR) is 120 cm³/mol. The highest BCUT2D eigenvalue weighted by Crippen LogP contribution is 2.30. The number of hydrogen-bond donors (Lipinski definition) is 4. The summed E-state index contributed by atoms with van der Waals surface area (Å²) in [5.41, 5.74) is 1.98. The van der Waals surface area contributed by atoms with Gasteiger partial charge in [0.2, 0.25) is 0 Å². The third-order valence-corrected chi connectivity index (χ3v) is 6.32. The van der Waals surface area contributed by atoms with Crippen LogP contribution in [0, 0.1) is 0 Å². The fourth-order valence-corrected chi connectivity index (χ4v) is 4.60. The van der Waals surface area contributed by atoms with Gasteiger partial charge in [0.15, 0.2) is 0 Å². The molecule has 0 bridgehead atoms. The highest BCUT2D eigenvalue weighted by atomic mass is 16.5. The first-order valence-corrected chi connectivity index (χ1v) is 11.3. The van der Waals surface area contributed by atoms with E-state index in [2.05, 4.69) is 10.6 Å². The number of benzene rings is 2. The number of carbonyl (C=O) groups excluding carboxylic acids is 1. The number of rotatable bonds is 7. The quantitative estimate of drug-likeness (QED) is 0.529. The third kappa shape index (κ3) is 5.11. The Balaban J connectivity index is 1.60. The lowest BCUT2D eigenvalue weighted by molar-refractivity contribution is 0.0695. The van der Waals surface area contributed by atoms with Gasteiger partial charge in [-0.05, 0) is 62.8 Å². The molecule has 170 valence electrons. The first kappa shape index (κ1) is 22.3. The Hall–Kier alpha value is -2.90. The molecular formula is C25H30N2O5. The molecule has 3 unspecified atom stereocenters. The van der Waals surface area contributed by atoms with Crippen LogP contribution in [0.5, 0.6) is 5.75 Å². The lowest BCUT2D eigenvalue weighted by Gasteiger charge is -2.29. The fourth-order valence-electron chi connectivity index (χ4n) is 4.60. The maximum atomic E-state index is 13.2. The van der Waals surface area contributed by atoms with Crippen molar-refractivity contribution >= 4 is 11.9 Å². The Morgan fingerprint density at radius 1 is 1.16 bits per heavy atom. The lowest BCUT2D eigenvalue weighted by atomic mass is 9.94. The van der Waals surface area contributed by atoms with Crippen molar-refractivity contribution in [2.24, 2.45) is 0 Å². The first-order chi connectivity index (χ1) is 15.5. The molecule has 2 aromatic carbocycles. The Labute approximate surface area is 187 Å². The second kappa shape index (κ2) is 10.1. The minimum atomic E-state index is -1.07. The molecule has 4 N–H and O–H groups in total. The van der Waals surface area contributed by atoms with Crippen LogP contribution in [0.4, 0.5) is 0 Å². The molecule has 0 radical (unpaired) electrons. The molecule has 3 atom stereocenters. The lowest BCUT2D eigenvalue weighted by Crippen LogP contribution is -2.52. The van der Waals surface area contributed by atoms with Crippen molar-refractivity contribution in [1.29, 1.82) is 0 Å². The van der Waals surface area contributed by atoms with E-state index in [1.165, 1.54) is 6.07 Å². The van der Waals surface area contributed by atoms with E-state index in [-0.39, 0.29) is 17.2 Å². The van der Waals surface area contributed by atoms with Gasteiger partial charge in [0.1, 0.15) is 5.75 Å². The van der Waals surface area contributed by atoms with Gasteiger partial charge >= 0.3 is 5.97 Å². The number of aliphatic hydroxyl groups excluding tert-OH is 1. The van der Waals surface area contributed by atoms with E-state index < -0.39 is 24.0 Å². The number of carbonyl (C=O) groups is 2. The van der Waals surface area contributed by atoms with Crippen molar-refractivity contribution in [3.63, 3.8) is 0 Å². The largest absolute Gasteiger partial charge is 0.493 e. The molecule has 1 fully saturated rings. The Bertz CT molecular complexity index is 956. The molecular weight excluding hydrogens is 408 g/mol.